The minimum Gasteiger partial charge on any atom is -0.264 e. The van der Waals surface area contributed by atoms with Gasteiger partial charge in [-0.2, -0.15) is 0 Å². The summed E-state index contributed by atoms with van der Waals surface area (Å²) in [5, 5.41) is 0. The number of hydrogen-bond acceptors (Lipinski definition) is 2. The zero-order chi connectivity index (χ0) is 15.3. The summed E-state index contributed by atoms with van der Waals surface area (Å²) in [4.78, 5) is 8.77. The highest BCUT2D eigenvalue weighted by molar-refractivity contribution is 5.30. The Labute approximate surface area is 131 Å². The van der Waals surface area contributed by atoms with E-state index in [1.807, 2.05) is 30.7 Å². The molecular weight excluding hydrogens is 268 g/mol. The lowest BCUT2D eigenvalue weighted by molar-refractivity contribution is 0.459. The van der Waals surface area contributed by atoms with Gasteiger partial charge in [0.1, 0.15) is 0 Å². The van der Waals surface area contributed by atoms with Crippen molar-refractivity contribution in [3.63, 3.8) is 0 Å². The summed E-state index contributed by atoms with van der Waals surface area (Å²) in [6.45, 7) is 2.31. The quantitative estimate of drug-likeness (QED) is 0.702. The third-order valence-corrected chi connectivity index (χ3v) is 4.09. The third-order valence-electron chi connectivity index (χ3n) is 4.09. The molecule has 0 N–H and O–H groups in total. The van der Waals surface area contributed by atoms with Crippen LogP contribution in [0.1, 0.15) is 23.7 Å². The Morgan fingerprint density at radius 1 is 0.818 bits per heavy atom. The average Bonchev–Trinajstić information content (AvgIpc) is 2.57. The van der Waals surface area contributed by atoms with Crippen LogP contribution >= 0.6 is 0 Å². The van der Waals surface area contributed by atoms with Crippen LogP contribution in [0.4, 0.5) is 0 Å². The first-order valence-corrected chi connectivity index (χ1v) is 7.61. The summed E-state index contributed by atoms with van der Waals surface area (Å²) in [6.07, 6.45) is 7.50. The molecule has 2 nitrogen and oxygen atoms in total. The molecule has 1 aromatic carbocycles. The standard InChI is InChI=1S/C20H20N2/c1-20(18-9-3-2-4-10-18,14-17-8-7-12-21-16-17)15-19-11-5-6-13-22-19/h2-13,16H,14-15H2,1H3. The van der Waals surface area contributed by atoms with E-state index in [0.29, 0.717) is 0 Å². The summed E-state index contributed by atoms with van der Waals surface area (Å²) in [6, 6.07) is 21.0. The smallest absolute Gasteiger partial charge is 0.0412 e. The van der Waals surface area contributed by atoms with E-state index in [-0.39, 0.29) is 5.41 Å². The molecule has 0 amide bonds. The fourth-order valence-electron chi connectivity index (χ4n) is 2.96. The lowest BCUT2D eigenvalue weighted by atomic mass is 9.74. The fraction of sp³-hybridized carbons (Fsp3) is 0.200. The lowest BCUT2D eigenvalue weighted by Gasteiger charge is -2.30. The van der Waals surface area contributed by atoms with Crippen LogP contribution in [-0.4, -0.2) is 9.97 Å². The Morgan fingerprint density at radius 3 is 2.32 bits per heavy atom. The molecule has 0 radical (unpaired) electrons. The van der Waals surface area contributed by atoms with Gasteiger partial charge in [0.05, 0.1) is 0 Å². The van der Waals surface area contributed by atoms with Gasteiger partial charge in [-0.3, -0.25) is 9.97 Å². The predicted octanol–water partition coefficient (Wildman–Crippen LogP) is 4.22. The molecule has 0 aliphatic heterocycles. The summed E-state index contributed by atoms with van der Waals surface area (Å²) in [7, 11) is 0. The molecule has 2 heterocycles. The first-order chi connectivity index (χ1) is 10.8. The Morgan fingerprint density at radius 2 is 1.64 bits per heavy atom. The van der Waals surface area contributed by atoms with Crippen molar-refractivity contribution < 1.29 is 0 Å². The van der Waals surface area contributed by atoms with E-state index >= 15 is 0 Å². The second-order valence-corrected chi connectivity index (χ2v) is 5.96. The van der Waals surface area contributed by atoms with Crippen molar-refractivity contribution in [1.29, 1.82) is 0 Å². The van der Waals surface area contributed by atoms with E-state index in [9.17, 15) is 0 Å². The van der Waals surface area contributed by atoms with Crippen LogP contribution < -0.4 is 0 Å². The lowest BCUT2D eigenvalue weighted by Crippen LogP contribution is -2.28. The molecule has 0 spiro atoms. The van der Waals surface area contributed by atoms with Crippen molar-refractivity contribution in [2.24, 2.45) is 0 Å². The van der Waals surface area contributed by atoms with Gasteiger partial charge in [0, 0.05) is 29.7 Å². The maximum atomic E-state index is 4.52. The molecule has 1 unspecified atom stereocenters. The highest BCUT2D eigenvalue weighted by atomic mass is 14.7. The Hall–Kier alpha value is -2.48. The van der Waals surface area contributed by atoms with E-state index in [1.165, 1.54) is 11.1 Å². The van der Waals surface area contributed by atoms with Gasteiger partial charge >= 0.3 is 0 Å². The van der Waals surface area contributed by atoms with E-state index in [0.717, 1.165) is 18.5 Å². The number of benzene rings is 1. The molecule has 0 bridgehead atoms. The number of hydrogen-bond donors (Lipinski definition) is 0. The van der Waals surface area contributed by atoms with Crippen LogP contribution in [0.3, 0.4) is 0 Å². The van der Waals surface area contributed by atoms with E-state index in [4.69, 9.17) is 0 Å². The Bertz CT molecular complexity index is 652. The molecule has 0 saturated carbocycles. The van der Waals surface area contributed by atoms with Gasteiger partial charge in [0.25, 0.3) is 0 Å². The van der Waals surface area contributed by atoms with E-state index in [1.54, 1.807) is 0 Å². The zero-order valence-electron chi connectivity index (χ0n) is 12.8. The topological polar surface area (TPSA) is 25.8 Å². The predicted molar refractivity (Wildman–Crippen MR) is 89.7 cm³/mol. The average molecular weight is 288 g/mol. The normalized spacial score (nSPS) is 13.5. The van der Waals surface area contributed by atoms with Crippen LogP contribution in [-0.2, 0) is 18.3 Å². The summed E-state index contributed by atoms with van der Waals surface area (Å²) in [5.41, 5.74) is 3.71. The van der Waals surface area contributed by atoms with Crippen molar-refractivity contribution in [3.05, 3.63) is 96.1 Å². The van der Waals surface area contributed by atoms with Crippen LogP contribution in [0.2, 0.25) is 0 Å². The minimum absolute atomic E-state index is 0.00134. The number of nitrogens with zero attached hydrogens (tertiary/aromatic N) is 2. The SMILES string of the molecule is CC(Cc1cccnc1)(Cc1ccccn1)c1ccccc1. The van der Waals surface area contributed by atoms with Gasteiger partial charge in [0.2, 0.25) is 0 Å². The first kappa shape index (κ1) is 14.5. The second-order valence-electron chi connectivity index (χ2n) is 5.96. The second kappa shape index (κ2) is 6.52. The number of pyridine rings is 2. The summed E-state index contributed by atoms with van der Waals surface area (Å²) >= 11 is 0. The van der Waals surface area contributed by atoms with Gasteiger partial charge in [-0.15, -0.1) is 0 Å². The van der Waals surface area contributed by atoms with Gasteiger partial charge in [-0.05, 0) is 42.2 Å². The van der Waals surface area contributed by atoms with Crippen molar-refractivity contribution in [2.45, 2.75) is 25.2 Å². The maximum absolute atomic E-state index is 4.52. The molecular formula is C20H20N2. The molecule has 0 aliphatic carbocycles. The van der Waals surface area contributed by atoms with Crippen molar-refractivity contribution in [2.75, 3.05) is 0 Å². The Balaban J connectivity index is 1.95. The van der Waals surface area contributed by atoms with Crippen LogP contribution in [0.15, 0.2) is 79.3 Å². The van der Waals surface area contributed by atoms with Crippen LogP contribution in [0, 0.1) is 0 Å². The largest absolute Gasteiger partial charge is 0.264 e. The van der Waals surface area contributed by atoms with Crippen LogP contribution in [0.5, 0.6) is 0 Å². The molecule has 1 atom stereocenters. The van der Waals surface area contributed by atoms with E-state index < -0.39 is 0 Å². The monoisotopic (exact) mass is 288 g/mol. The highest BCUT2D eigenvalue weighted by Crippen LogP contribution is 2.31. The van der Waals surface area contributed by atoms with Gasteiger partial charge in [-0.25, -0.2) is 0 Å². The van der Waals surface area contributed by atoms with Crippen molar-refractivity contribution in [1.82, 2.24) is 9.97 Å². The third kappa shape index (κ3) is 3.40. The molecule has 3 rings (SSSR count). The van der Waals surface area contributed by atoms with Crippen LogP contribution in [0.25, 0.3) is 0 Å². The number of rotatable bonds is 5. The molecule has 22 heavy (non-hydrogen) atoms. The van der Waals surface area contributed by atoms with Crippen molar-refractivity contribution >= 4 is 0 Å². The Kier molecular flexibility index (Phi) is 4.29. The van der Waals surface area contributed by atoms with Gasteiger partial charge in [-0.1, -0.05) is 49.4 Å². The molecule has 0 saturated heterocycles. The van der Waals surface area contributed by atoms with Gasteiger partial charge < -0.3 is 0 Å². The van der Waals surface area contributed by atoms with Crippen molar-refractivity contribution in [3.8, 4) is 0 Å². The minimum atomic E-state index is -0.00134. The number of aromatic nitrogens is 2. The molecule has 110 valence electrons. The molecule has 0 fully saturated rings. The van der Waals surface area contributed by atoms with E-state index in [2.05, 4.69) is 65.4 Å². The summed E-state index contributed by atoms with van der Waals surface area (Å²) in [5.74, 6) is 0. The van der Waals surface area contributed by atoms with Gasteiger partial charge in [0.15, 0.2) is 0 Å². The highest BCUT2D eigenvalue weighted by Gasteiger charge is 2.28. The first-order valence-electron chi connectivity index (χ1n) is 7.61. The molecule has 2 aromatic heterocycles. The molecule has 0 aliphatic rings. The zero-order valence-corrected chi connectivity index (χ0v) is 12.8. The fourth-order valence-corrected chi connectivity index (χ4v) is 2.96. The molecule has 2 heteroatoms. The summed E-state index contributed by atoms with van der Waals surface area (Å²) < 4.78 is 0. The maximum Gasteiger partial charge on any atom is 0.0412 e. The molecule has 3 aromatic rings.